The summed E-state index contributed by atoms with van der Waals surface area (Å²) in [5, 5.41) is 0. The fourth-order valence-corrected chi connectivity index (χ4v) is 6.65. The summed E-state index contributed by atoms with van der Waals surface area (Å²) in [5.41, 5.74) is 1.45. The maximum Gasteiger partial charge on any atom is 0.228 e. The highest BCUT2D eigenvalue weighted by Gasteiger charge is 2.56. The standard InChI is InChI=1S/C21H27NO/c23-20(21-11-15-8-16(12-21)10-17(9-15)13-21)22-7-6-19(14-22)18-4-2-1-3-5-18/h1-5,15-17,19H,6-14H2/t15?,16?,17?,19-,21?/m1/s1. The van der Waals surface area contributed by atoms with Crippen LogP contribution in [0.25, 0.3) is 0 Å². The van der Waals surface area contributed by atoms with E-state index in [1.165, 1.54) is 44.1 Å². The van der Waals surface area contributed by atoms with Crippen molar-refractivity contribution >= 4 is 5.91 Å². The molecule has 23 heavy (non-hydrogen) atoms. The highest BCUT2D eigenvalue weighted by atomic mass is 16.2. The lowest BCUT2D eigenvalue weighted by Gasteiger charge is -2.56. The molecule has 5 aliphatic rings. The minimum atomic E-state index is 0.0420. The van der Waals surface area contributed by atoms with Gasteiger partial charge in [0.15, 0.2) is 0 Å². The van der Waals surface area contributed by atoms with Crippen LogP contribution >= 0.6 is 0 Å². The van der Waals surface area contributed by atoms with E-state index in [4.69, 9.17) is 0 Å². The molecule has 4 aliphatic carbocycles. The molecule has 1 aromatic carbocycles. The van der Waals surface area contributed by atoms with E-state index < -0.39 is 0 Å². The molecule has 0 unspecified atom stereocenters. The highest BCUT2D eigenvalue weighted by molar-refractivity contribution is 5.83. The average molecular weight is 309 g/mol. The monoisotopic (exact) mass is 309 g/mol. The van der Waals surface area contributed by atoms with Gasteiger partial charge in [-0.2, -0.15) is 0 Å². The first-order valence-corrected chi connectivity index (χ1v) is 9.56. The van der Waals surface area contributed by atoms with Gasteiger partial charge in [-0.05, 0) is 68.3 Å². The molecule has 5 fully saturated rings. The van der Waals surface area contributed by atoms with Crippen LogP contribution in [0.4, 0.5) is 0 Å². The van der Waals surface area contributed by atoms with Crippen LogP contribution in [-0.2, 0) is 4.79 Å². The van der Waals surface area contributed by atoms with E-state index in [2.05, 4.69) is 35.2 Å². The largest absolute Gasteiger partial charge is 0.342 e. The maximum absolute atomic E-state index is 13.4. The van der Waals surface area contributed by atoms with Gasteiger partial charge >= 0.3 is 0 Å². The molecule has 2 nitrogen and oxygen atoms in total. The van der Waals surface area contributed by atoms with Gasteiger partial charge in [-0.25, -0.2) is 0 Å². The summed E-state index contributed by atoms with van der Waals surface area (Å²) in [7, 11) is 0. The van der Waals surface area contributed by atoms with Crippen molar-refractivity contribution in [3.8, 4) is 0 Å². The third kappa shape index (κ3) is 2.25. The van der Waals surface area contributed by atoms with Crippen molar-refractivity contribution in [2.75, 3.05) is 13.1 Å². The van der Waals surface area contributed by atoms with E-state index in [9.17, 15) is 4.79 Å². The molecule has 0 radical (unpaired) electrons. The summed E-state index contributed by atoms with van der Waals surface area (Å²) < 4.78 is 0. The fourth-order valence-electron chi connectivity index (χ4n) is 6.65. The zero-order valence-corrected chi connectivity index (χ0v) is 13.9. The van der Waals surface area contributed by atoms with Crippen molar-refractivity contribution in [1.29, 1.82) is 0 Å². The van der Waals surface area contributed by atoms with Crippen molar-refractivity contribution in [2.45, 2.75) is 50.9 Å². The summed E-state index contributed by atoms with van der Waals surface area (Å²) >= 11 is 0. The molecule has 0 aromatic heterocycles. The predicted octanol–water partition coefficient (Wildman–Crippen LogP) is 4.22. The van der Waals surface area contributed by atoms with Gasteiger partial charge in [-0.1, -0.05) is 30.3 Å². The summed E-state index contributed by atoms with van der Waals surface area (Å²) in [6, 6.07) is 10.8. The zero-order chi connectivity index (χ0) is 15.4. The number of amides is 1. The lowest BCUT2D eigenvalue weighted by atomic mass is 9.49. The normalized spacial score (nSPS) is 41.5. The molecule has 0 spiro atoms. The second-order valence-electron chi connectivity index (χ2n) is 8.85. The van der Waals surface area contributed by atoms with Gasteiger partial charge in [0.05, 0.1) is 5.41 Å². The third-order valence-electron chi connectivity index (χ3n) is 7.24. The van der Waals surface area contributed by atoms with Crippen molar-refractivity contribution < 1.29 is 4.79 Å². The number of hydrogen-bond donors (Lipinski definition) is 0. The Bertz CT molecular complexity index is 572. The zero-order valence-electron chi connectivity index (χ0n) is 13.9. The van der Waals surface area contributed by atoms with Crippen LogP contribution in [0, 0.1) is 23.2 Å². The second-order valence-corrected chi connectivity index (χ2v) is 8.85. The van der Waals surface area contributed by atoms with Gasteiger partial charge < -0.3 is 4.90 Å². The minimum absolute atomic E-state index is 0.0420. The number of rotatable bonds is 2. The first kappa shape index (κ1) is 14.1. The second kappa shape index (κ2) is 5.09. The van der Waals surface area contributed by atoms with Crippen molar-refractivity contribution in [3.63, 3.8) is 0 Å². The molecule has 4 bridgehead atoms. The molecule has 1 saturated heterocycles. The van der Waals surface area contributed by atoms with E-state index >= 15 is 0 Å². The number of nitrogens with zero attached hydrogens (tertiary/aromatic N) is 1. The Morgan fingerprint density at radius 1 is 0.957 bits per heavy atom. The summed E-state index contributed by atoms with van der Waals surface area (Å²) in [6.45, 7) is 1.92. The van der Waals surface area contributed by atoms with Crippen LogP contribution in [0.1, 0.15) is 56.4 Å². The van der Waals surface area contributed by atoms with Gasteiger partial charge in [-0.3, -0.25) is 4.79 Å². The predicted molar refractivity (Wildman–Crippen MR) is 91.0 cm³/mol. The number of likely N-dealkylation sites (tertiary alicyclic amines) is 1. The van der Waals surface area contributed by atoms with Gasteiger partial charge in [0.2, 0.25) is 5.91 Å². The Labute approximate surface area is 139 Å². The molecular weight excluding hydrogens is 282 g/mol. The number of carbonyl (C=O) groups excluding carboxylic acids is 1. The Morgan fingerprint density at radius 3 is 2.17 bits per heavy atom. The van der Waals surface area contributed by atoms with E-state index in [0.29, 0.717) is 11.8 Å². The van der Waals surface area contributed by atoms with Crippen LogP contribution in [0.3, 0.4) is 0 Å². The Kier molecular flexibility index (Phi) is 3.11. The van der Waals surface area contributed by atoms with Gasteiger partial charge in [-0.15, -0.1) is 0 Å². The Hall–Kier alpha value is -1.31. The first-order valence-electron chi connectivity index (χ1n) is 9.56. The molecule has 6 rings (SSSR count). The molecule has 1 heterocycles. The molecular formula is C21H27NO. The molecule has 1 aliphatic heterocycles. The molecule has 122 valence electrons. The topological polar surface area (TPSA) is 20.3 Å². The molecule has 2 heteroatoms. The Balaban J connectivity index is 1.34. The van der Waals surface area contributed by atoms with Crippen LogP contribution in [0.5, 0.6) is 0 Å². The highest BCUT2D eigenvalue weighted by Crippen LogP contribution is 2.60. The van der Waals surface area contributed by atoms with Crippen LogP contribution < -0.4 is 0 Å². The molecule has 4 saturated carbocycles. The fraction of sp³-hybridized carbons (Fsp3) is 0.667. The quantitative estimate of drug-likeness (QED) is 0.801. The molecule has 1 amide bonds. The van der Waals surface area contributed by atoms with Gasteiger partial charge in [0.1, 0.15) is 0 Å². The van der Waals surface area contributed by atoms with E-state index in [-0.39, 0.29) is 5.41 Å². The average Bonchev–Trinajstić information content (AvgIpc) is 3.03. The van der Waals surface area contributed by atoms with E-state index in [1.54, 1.807) is 0 Å². The SMILES string of the molecule is O=C(N1CC[C@@H](c2ccccc2)C1)C12CC3CC(CC(C3)C1)C2. The first-order chi connectivity index (χ1) is 11.2. The summed E-state index contributed by atoms with van der Waals surface area (Å²) in [5.74, 6) is 3.65. The van der Waals surface area contributed by atoms with Crippen molar-refractivity contribution in [3.05, 3.63) is 35.9 Å². The molecule has 0 N–H and O–H groups in total. The summed E-state index contributed by atoms with van der Waals surface area (Å²) in [4.78, 5) is 15.6. The number of benzene rings is 1. The number of carbonyl (C=O) groups is 1. The van der Waals surface area contributed by atoms with Crippen LogP contribution in [-0.4, -0.2) is 23.9 Å². The maximum atomic E-state index is 13.4. The Morgan fingerprint density at radius 2 is 1.57 bits per heavy atom. The van der Waals surface area contributed by atoms with Gasteiger partial charge in [0.25, 0.3) is 0 Å². The van der Waals surface area contributed by atoms with Crippen LogP contribution in [0.2, 0.25) is 0 Å². The number of hydrogen-bond acceptors (Lipinski definition) is 1. The van der Waals surface area contributed by atoms with Crippen molar-refractivity contribution in [2.24, 2.45) is 23.2 Å². The van der Waals surface area contributed by atoms with Gasteiger partial charge in [0, 0.05) is 19.0 Å². The lowest BCUT2D eigenvalue weighted by molar-refractivity contribution is -0.156. The lowest BCUT2D eigenvalue weighted by Crippen LogP contribution is -2.54. The smallest absolute Gasteiger partial charge is 0.228 e. The van der Waals surface area contributed by atoms with Crippen LogP contribution in [0.15, 0.2) is 30.3 Å². The third-order valence-corrected chi connectivity index (χ3v) is 7.24. The molecule has 1 aromatic rings. The molecule has 1 atom stereocenters. The minimum Gasteiger partial charge on any atom is -0.342 e. The van der Waals surface area contributed by atoms with E-state index in [1.807, 2.05) is 0 Å². The van der Waals surface area contributed by atoms with Crippen molar-refractivity contribution in [1.82, 2.24) is 4.90 Å². The van der Waals surface area contributed by atoms with E-state index in [0.717, 1.165) is 37.3 Å². The summed E-state index contributed by atoms with van der Waals surface area (Å²) in [6.07, 6.45) is 8.98.